The van der Waals surface area contributed by atoms with Crippen LogP contribution in [0.5, 0.6) is 0 Å². The van der Waals surface area contributed by atoms with Crippen LogP contribution in [0.1, 0.15) is 11.1 Å². The zero-order chi connectivity index (χ0) is 16.9. The molecular formula is C20H19Cl2NO. The van der Waals surface area contributed by atoms with Crippen LogP contribution in [0.4, 0.5) is 0 Å². The Kier molecular flexibility index (Phi) is 5.62. The first-order chi connectivity index (χ1) is 11.6. The number of nitrogens with zero attached hydrogens (tertiary/aromatic N) is 1. The number of ether oxygens (including phenoxy) is 1. The molecule has 2 aromatic rings. The summed E-state index contributed by atoms with van der Waals surface area (Å²) < 4.78 is 5.48. The average molecular weight is 360 g/mol. The Bertz CT molecular complexity index is 729. The molecule has 2 nitrogen and oxygen atoms in total. The first-order valence-corrected chi connectivity index (χ1v) is 8.64. The lowest BCUT2D eigenvalue weighted by Gasteiger charge is -2.31. The average Bonchev–Trinajstić information content (AvgIpc) is 2.62. The van der Waals surface area contributed by atoms with Gasteiger partial charge in [-0.1, -0.05) is 54.0 Å². The second-order valence-corrected chi connectivity index (χ2v) is 6.54. The monoisotopic (exact) mass is 359 g/mol. The van der Waals surface area contributed by atoms with Crippen LogP contribution in [0.3, 0.4) is 0 Å². The smallest absolute Gasteiger partial charge is 0.0642 e. The van der Waals surface area contributed by atoms with Crippen molar-refractivity contribution in [3.05, 3.63) is 82.4 Å². The second-order valence-electron chi connectivity index (χ2n) is 5.67. The van der Waals surface area contributed by atoms with E-state index in [1.54, 1.807) is 0 Å². The molecule has 1 aliphatic heterocycles. The number of morpholine rings is 1. The molecule has 0 radical (unpaired) electrons. The maximum Gasteiger partial charge on any atom is 0.0642 e. The van der Waals surface area contributed by atoms with Gasteiger partial charge in [0.2, 0.25) is 0 Å². The second kappa shape index (κ2) is 7.89. The Morgan fingerprint density at radius 3 is 1.92 bits per heavy atom. The zero-order valence-electron chi connectivity index (χ0n) is 13.3. The van der Waals surface area contributed by atoms with Gasteiger partial charge in [0.05, 0.1) is 13.2 Å². The quantitative estimate of drug-likeness (QED) is 0.679. The lowest BCUT2D eigenvalue weighted by atomic mass is 10.0. The van der Waals surface area contributed by atoms with E-state index in [1.165, 1.54) is 0 Å². The van der Waals surface area contributed by atoms with Crippen LogP contribution in [0.2, 0.25) is 10.0 Å². The minimum Gasteiger partial charge on any atom is -0.378 e. The summed E-state index contributed by atoms with van der Waals surface area (Å²) in [5.41, 5.74) is 4.26. The van der Waals surface area contributed by atoms with Crippen molar-refractivity contribution in [3.8, 4) is 0 Å². The molecule has 0 spiro atoms. The van der Waals surface area contributed by atoms with Crippen LogP contribution in [0.25, 0.3) is 11.3 Å². The van der Waals surface area contributed by atoms with Gasteiger partial charge >= 0.3 is 0 Å². The Balaban J connectivity index is 1.94. The Morgan fingerprint density at radius 2 is 1.38 bits per heavy atom. The van der Waals surface area contributed by atoms with Crippen molar-refractivity contribution < 1.29 is 4.74 Å². The molecule has 0 saturated carbocycles. The summed E-state index contributed by atoms with van der Waals surface area (Å²) in [5.74, 6) is 0. The number of rotatable bonds is 4. The van der Waals surface area contributed by atoms with Crippen molar-refractivity contribution in [2.45, 2.75) is 0 Å². The maximum absolute atomic E-state index is 6.04. The fourth-order valence-electron chi connectivity index (χ4n) is 2.69. The molecule has 1 heterocycles. The minimum absolute atomic E-state index is 0.724. The van der Waals surface area contributed by atoms with Gasteiger partial charge in [0.25, 0.3) is 0 Å². The third-order valence-electron chi connectivity index (χ3n) is 4.02. The van der Waals surface area contributed by atoms with E-state index in [-0.39, 0.29) is 0 Å². The Morgan fingerprint density at radius 1 is 0.875 bits per heavy atom. The van der Waals surface area contributed by atoms with E-state index in [0.29, 0.717) is 0 Å². The van der Waals surface area contributed by atoms with Gasteiger partial charge in [-0.3, -0.25) is 0 Å². The van der Waals surface area contributed by atoms with Crippen molar-refractivity contribution in [1.82, 2.24) is 4.90 Å². The van der Waals surface area contributed by atoms with Crippen molar-refractivity contribution in [2.24, 2.45) is 0 Å². The van der Waals surface area contributed by atoms with E-state index >= 15 is 0 Å². The van der Waals surface area contributed by atoms with Gasteiger partial charge in [-0.25, -0.2) is 0 Å². The number of benzene rings is 2. The van der Waals surface area contributed by atoms with Gasteiger partial charge in [0.1, 0.15) is 0 Å². The molecule has 0 amide bonds. The third-order valence-corrected chi connectivity index (χ3v) is 4.52. The lowest BCUT2D eigenvalue weighted by molar-refractivity contribution is 0.0640. The molecule has 0 aliphatic carbocycles. The molecule has 0 unspecified atom stereocenters. The maximum atomic E-state index is 6.04. The first kappa shape index (κ1) is 17.1. The first-order valence-electron chi connectivity index (χ1n) is 7.89. The molecule has 2 aromatic carbocycles. The van der Waals surface area contributed by atoms with Gasteiger partial charge in [0.15, 0.2) is 0 Å². The van der Waals surface area contributed by atoms with Gasteiger partial charge in [-0.05, 0) is 47.0 Å². The SMILES string of the molecule is C=C(/C=C(/c1ccc(Cl)cc1)N1CCOCC1)c1ccc(Cl)cc1. The van der Waals surface area contributed by atoms with Gasteiger partial charge < -0.3 is 9.64 Å². The minimum atomic E-state index is 0.724. The van der Waals surface area contributed by atoms with Crippen LogP contribution >= 0.6 is 23.2 Å². The highest BCUT2D eigenvalue weighted by molar-refractivity contribution is 6.30. The molecule has 1 saturated heterocycles. The Labute approximate surface area is 153 Å². The van der Waals surface area contributed by atoms with Crippen LogP contribution in [0, 0.1) is 0 Å². The molecule has 0 N–H and O–H groups in total. The molecule has 24 heavy (non-hydrogen) atoms. The summed E-state index contributed by atoms with van der Waals surface area (Å²) in [6.07, 6.45) is 2.12. The van der Waals surface area contributed by atoms with Crippen LogP contribution in [0.15, 0.2) is 61.2 Å². The van der Waals surface area contributed by atoms with Crippen molar-refractivity contribution in [2.75, 3.05) is 26.3 Å². The molecule has 1 aliphatic rings. The van der Waals surface area contributed by atoms with Gasteiger partial charge in [0, 0.05) is 28.8 Å². The van der Waals surface area contributed by atoms with E-state index in [4.69, 9.17) is 27.9 Å². The largest absolute Gasteiger partial charge is 0.378 e. The number of hydrogen-bond donors (Lipinski definition) is 0. The number of halogens is 2. The molecule has 0 atom stereocenters. The highest BCUT2D eigenvalue weighted by atomic mass is 35.5. The molecule has 1 fully saturated rings. The van der Waals surface area contributed by atoms with Crippen LogP contribution < -0.4 is 0 Å². The summed E-state index contributed by atoms with van der Waals surface area (Å²) in [7, 11) is 0. The molecule has 0 aromatic heterocycles. The highest BCUT2D eigenvalue weighted by Crippen LogP contribution is 2.27. The molecule has 0 bridgehead atoms. The van der Waals surface area contributed by atoms with Crippen LogP contribution in [-0.4, -0.2) is 31.2 Å². The molecule has 124 valence electrons. The van der Waals surface area contributed by atoms with E-state index in [2.05, 4.69) is 17.6 Å². The molecular weight excluding hydrogens is 341 g/mol. The number of hydrogen-bond acceptors (Lipinski definition) is 2. The molecule has 3 rings (SSSR count). The van der Waals surface area contributed by atoms with Gasteiger partial charge in [-0.15, -0.1) is 0 Å². The lowest BCUT2D eigenvalue weighted by Crippen LogP contribution is -2.35. The van der Waals surface area contributed by atoms with Crippen molar-refractivity contribution in [3.63, 3.8) is 0 Å². The summed E-state index contributed by atoms with van der Waals surface area (Å²) in [6, 6.07) is 15.6. The van der Waals surface area contributed by atoms with Gasteiger partial charge in [-0.2, -0.15) is 0 Å². The normalized spacial score (nSPS) is 15.4. The summed E-state index contributed by atoms with van der Waals surface area (Å²) >= 11 is 12.0. The van der Waals surface area contributed by atoms with E-state index in [9.17, 15) is 0 Å². The number of allylic oxidation sites excluding steroid dienone is 2. The van der Waals surface area contributed by atoms with Crippen molar-refractivity contribution in [1.29, 1.82) is 0 Å². The predicted molar refractivity (Wildman–Crippen MR) is 102 cm³/mol. The summed E-state index contributed by atoms with van der Waals surface area (Å²) in [4.78, 5) is 2.33. The fourth-order valence-corrected chi connectivity index (χ4v) is 2.95. The third kappa shape index (κ3) is 4.21. The topological polar surface area (TPSA) is 12.5 Å². The predicted octanol–water partition coefficient (Wildman–Crippen LogP) is 5.38. The van der Waals surface area contributed by atoms with E-state index in [1.807, 2.05) is 48.5 Å². The summed E-state index contributed by atoms with van der Waals surface area (Å²) in [5, 5.41) is 1.46. The van der Waals surface area contributed by atoms with E-state index < -0.39 is 0 Å². The van der Waals surface area contributed by atoms with Crippen molar-refractivity contribution >= 4 is 34.5 Å². The van der Waals surface area contributed by atoms with E-state index in [0.717, 1.165) is 58.7 Å². The van der Waals surface area contributed by atoms with Crippen LogP contribution in [-0.2, 0) is 4.74 Å². The Hall–Kier alpha value is -1.74. The fraction of sp³-hybridized carbons (Fsp3) is 0.200. The highest BCUT2D eigenvalue weighted by Gasteiger charge is 2.16. The molecule has 4 heteroatoms. The zero-order valence-corrected chi connectivity index (χ0v) is 14.9. The summed E-state index contributed by atoms with van der Waals surface area (Å²) in [6.45, 7) is 7.42. The standard InChI is InChI=1S/C20H19Cl2NO/c1-15(16-2-6-18(21)7-3-16)14-20(23-10-12-24-13-11-23)17-4-8-19(22)9-5-17/h2-9,14H,1,10-13H2/b20-14-.